The molecule has 2 atom stereocenters. The maximum atomic E-state index is 13.1. The number of hydrogen-bond donors (Lipinski definition) is 2. The van der Waals surface area contributed by atoms with Crippen LogP contribution in [0.5, 0.6) is 0 Å². The second-order valence-electron chi connectivity index (χ2n) is 9.32. The van der Waals surface area contributed by atoms with Crippen LogP contribution in [0.15, 0.2) is 40.9 Å². The number of anilines is 2. The van der Waals surface area contributed by atoms with E-state index in [4.69, 9.17) is 15.0 Å². The number of rotatable bonds is 6. The van der Waals surface area contributed by atoms with Crippen LogP contribution in [0.3, 0.4) is 0 Å². The summed E-state index contributed by atoms with van der Waals surface area (Å²) < 4.78 is 10.8. The molecule has 176 valence electrons. The molecule has 1 fully saturated rings. The monoisotopic (exact) mass is 478 g/mol. The van der Waals surface area contributed by atoms with Gasteiger partial charge in [-0.05, 0) is 40.0 Å². The molecule has 1 aliphatic rings. The predicted octanol–water partition coefficient (Wildman–Crippen LogP) is 5.01. The molecular weight excluding hydrogens is 452 g/mol. The lowest BCUT2D eigenvalue weighted by Gasteiger charge is -2.22. The van der Waals surface area contributed by atoms with Crippen LogP contribution in [-0.4, -0.2) is 28.6 Å². The van der Waals surface area contributed by atoms with Crippen LogP contribution in [0, 0.1) is 17.2 Å². The van der Waals surface area contributed by atoms with E-state index in [1.165, 1.54) is 0 Å². The number of nitrogen functional groups attached to an aromatic ring is 1. The molecule has 0 spiro atoms. The highest BCUT2D eigenvalue weighted by Gasteiger charge is 2.34. The van der Waals surface area contributed by atoms with Crippen LogP contribution < -0.4 is 11.1 Å². The largest absolute Gasteiger partial charge is 0.460 e. The van der Waals surface area contributed by atoms with E-state index in [9.17, 15) is 14.9 Å². The summed E-state index contributed by atoms with van der Waals surface area (Å²) in [5, 5.41) is 17.5. The van der Waals surface area contributed by atoms with Crippen molar-refractivity contribution in [2.75, 3.05) is 11.1 Å². The quantitative estimate of drug-likeness (QED) is 0.373. The number of esters is 1. The van der Waals surface area contributed by atoms with Gasteiger partial charge in [0.2, 0.25) is 11.5 Å². The Morgan fingerprint density at radius 3 is 2.68 bits per heavy atom. The zero-order chi connectivity index (χ0) is 24.5. The number of hydrogen-bond acceptors (Lipinski definition) is 9. The van der Waals surface area contributed by atoms with Crippen molar-refractivity contribution in [3.63, 3.8) is 0 Å². The fourth-order valence-corrected chi connectivity index (χ4v) is 5.05. The smallest absolute Gasteiger partial charge is 0.309 e. The topological polar surface area (TPSA) is 131 Å². The van der Waals surface area contributed by atoms with Crippen molar-refractivity contribution >= 4 is 33.8 Å². The number of ether oxygens (including phenoxy) is 1. The highest BCUT2D eigenvalue weighted by atomic mass is 32.1. The summed E-state index contributed by atoms with van der Waals surface area (Å²) in [5.74, 6) is -0.793. The fourth-order valence-electron chi connectivity index (χ4n) is 3.96. The Kier molecular flexibility index (Phi) is 6.44. The number of nitriles is 1. The molecule has 0 saturated heterocycles. The maximum Gasteiger partial charge on any atom is 0.309 e. The Labute approximate surface area is 201 Å². The molecule has 8 nitrogen and oxygen atoms in total. The molecule has 2 heterocycles. The van der Waals surface area contributed by atoms with Gasteiger partial charge in [0, 0.05) is 17.7 Å². The number of nitrogens with zero attached hydrogens (tertiary/aromatic N) is 2. The lowest BCUT2D eigenvalue weighted by atomic mass is 10.1. The van der Waals surface area contributed by atoms with Gasteiger partial charge in [-0.25, -0.2) is 0 Å². The van der Waals surface area contributed by atoms with E-state index in [2.05, 4.69) is 16.5 Å². The zero-order valence-electron chi connectivity index (χ0n) is 19.3. The number of thiophene rings is 1. The van der Waals surface area contributed by atoms with Crippen LogP contribution in [0.1, 0.15) is 61.0 Å². The highest BCUT2D eigenvalue weighted by molar-refractivity contribution is 7.19. The summed E-state index contributed by atoms with van der Waals surface area (Å²) in [7, 11) is 0. The van der Waals surface area contributed by atoms with Gasteiger partial charge in [-0.2, -0.15) is 5.26 Å². The first-order valence-electron chi connectivity index (χ1n) is 11.0. The summed E-state index contributed by atoms with van der Waals surface area (Å²) in [6.45, 7) is 5.54. The predicted molar refractivity (Wildman–Crippen MR) is 129 cm³/mol. The van der Waals surface area contributed by atoms with Crippen LogP contribution in [0.4, 0.5) is 10.7 Å². The molecule has 34 heavy (non-hydrogen) atoms. The van der Waals surface area contributed by atoms with E-state index in [1.54, 1.807) is 6.07 Å². The first-order valence-corrected chi connectivity index (χ1v) is 11.9. The molecule has 1 aromatic carbocycles. The Hall–Kier alpha value is -3.64. The minimum atomic E-state index is -0.533. The molecular formula is C25H26N4O4S. The number of benzene rings is 1. The SMILES string of the molecule is CC(C)(C)OC(=O)C1CCC(Nc2sc(C(=O)c3cc(-c4ccccc4)no3)c(N)c2C#N)C1. The molecule has 1 aliphatic carbocycles. The maximum absolute atomic E-state index is 13.1. The standard InChI is InChI=1S/C25H26N4O4S/c1-25(2,3)32-24(31)15-9-10-16(11-15)28-23-17(13-26)20(27)22(34-23)21(30)19-12-18(29-33-19)14-7-5-4-6-8-14/h4-8,12,15-16,28H,9-11,27H2,1-3H3. The average molecular weight is 479 g/mol. The Bertz CT molecular complexity index is 1250. The first-order chi connectivity index (χ1) is 16.2. The fraction of sp³-hybridized carbons (Fsp3) is 0.360. The van der Waals surface area contributed by atoms with Gasteiger partial charge in [-0.15, -0.1) is 11.3 Å². The van der Waals surface area contributed by atoms with E-state index >= 15 is 0 Å². The van der Waals surface area contributed by atoms with E-state index in [1.807, 2.05) is 51.1 Å². The minimum absolute atomic E-state index is 0.0272. The van der Waals surface area contributed by atoms with Gasteiger partial charge < -0.3 is 20.3 Å². The number of carbonyl (C=O) groups excluding carboxylic acids is 2. The van der Waals surface area contributed by atoms with Crippen LogP contribution in [0.2, 0.25) is 0 Å². The number of carbonyl (C=O) groups is 2. The van der Waals surface area contributed by atoms with Crippen molar-refractivity contribution in [1.82, 2.24) is 5.16 Å². The van der Waals surface area contributed by atoms with Gasteiger partial charge in [-0.3, -0.25) is 9.59 Å². The molecule has 3 N–H and O–H groups in total. The van der Waals surface area contributed by atoms with Crippen molar-refractivity contribution in [1.29, 1.82) is 5.26 Å². The second-order valence-corrected chi connectivity index (χ2v) is 10.3. The molecule has 0 bridgehead atoms. The minimum Gasteiger partial charge on any atom is -0.460 e. The van der Waals surface area contributed by atoms with Crippen molar-refractivity contribution in [3.05, 3.63) is 52.6 Å². The second kappa shape index (κ2) is 9.31. The average Bonchev–Trinajstić information content (AvgIpc) is 3.52. The number of ketones is 1. The number of aromatic nitrogens is 1. The van der Waals surface area contributed by atoms with Crippen molar-refractivity contribution in [2.45, 2.75) is 51.7 Å². The van der Waals surface area contributed by atoms with Crippen molar-refractivity contribution in [2.24, 2.45) is 5.92 Å². The van der Waals surface area contributed by atoms with Gasteiger partial charge in [0.1, 0.15) is 32.8 Å². The highest BCUT2D eigenvalue weighted by Crippen LogP contribution is 2.39. The Balaban J connectivity index is 1.50. The van der Waals surface area contributed by atoms with E-state index < -0.39 is 11.4 Å². The molecule has 2 aromatic heterocycles. The Morgan fingerprint density at radius 1 is 1.26 bits per heavy atom. The normalized spacial score (nSPS) is 17.8. The molecule has 3 aromatic rings. The van der Waals surface area contributed by atoms with Gasteiger partial charge in [0.05, 0.1) is 11.6 Å². The Morgan fingerprint density at radius 2 is 2.00 bits per heavy atom. The summed E-state index contributed by atoms with van der Waals surface area (Å²) in [4.78, 5) is 25.7. The number of nitrogens with one attached hydrogen (secondary N) is 1. The van der Waals surface area contributed by atoms with Gasteiger partial charge in [0.25, 0.3) is 0 Å². The summed E-state index contributed by atoms with van der Waals surface area (Å²) in [5.41, 5.74) is 7.34. The molecule has 1 saturated carbocycles. The van der Waals surface area contributed by atoms with Crippen LogP contribution >= 0.6 is 11.3 Å². The summed E-state index contributed by atoms with van der Waals surface area (Å²) in [6, 6.07) is 13.0. The van der Waals surface area contributed by atoms with Crippen molar-refractivity contribution in [3.8, 4) is 17.3 Å². The lowest BCUT2D eigenvalue weighted by Crippen LogP contribution is -2.28. The molecule has 4 rings (SSSR count). The molecule has 2 unspecified atom stereocenters. The van der Waals surface area contributed by atoms with Crippen LogP contribution in [-0.2, 0) is 9.53 Å². The zero-order valence-corrected chi connectivity index (χ0v) is 20.1. The van der Waals surface area contributed by atoms with Crippen molar-refractivity contribution < 1.29 is 18.8 Å². The summed E-state index contributed by atoms with van der Waals surface area (Å²) >= 11 is 1.11. The third kappa shape index (κ3) is 4.97. The van der Waals surface area contributed by atoms with Crippen LogP contribution in [0.25, 0.3) is 11.3 Å². The summed E-state index contributed by atoms with van der Waals surface area (Å²) in [6.07, 6.45) is 2.03. The van der Waals surface area contributed by atoms with Gasteiger partial charge in [0.15, 0.2) is 0 Å². The molecule has 0 radical (unpaired) electrons. The van der Waals surface area contributed by atoms with E-state index in [0.717, 1.165) is 23.3 Å². The molecule has 0 aliphatic heterocycles. The third-order valence-corrected chi connectivity index (χ3v) is 6.71. The lowest BCUT2D eigenvalue weighted by molar-refractivity contribution is -0.159. The third-order valence-electron chi connectivity index (χ3n) is 5.57. The van der Waals surface area contributed by atoms with Gasteiger partial charge >= 0.3 is 5.97 Å². The van der Waals surface area contributed by atoms with E-state index in [-0.39, 0.29) is 39.8 Å². The van der Waals surface area contributed by atoms with Gasteiger partial charge in [-0.1, -0.05) is 35.5 Å². The molecule has 0 amide bonds. The van der Waals surface area contributed by atoms with E-state index in [0.29, 0.717) is 23.5 Å². The first kappa shape index (κ1) is 23.5. The number of nitrogens with two attached hydrogens (primary N) is 1. The molecule has 9 heteroatoms.